The normalized spacial score (nSPS) is 10.5. The van der Waals surface area contributed by atoms with Gasteiger partial charge < -0.3 is 11.1 Å². The van der Waals surface area contributed by atoms with E-state index in [0.29, 0.717) is 6.54 Å². The van der Waals surface area contributed by atoms with Crippen molar-refractivity contribution >= 4 is 42.2 Å². The fourth-order valence-corrected chi connectivity index (χ4v) is 2.29. The number of aromatic nitrogens is 3. The molecule has 0 radical (unpaired) electrons. The van der Waals surface area contributed by atoms with Gasteiger partial charge in [0.1, 0.15) is 0 Å². The van der Waals surface area contributed by atoms with Crippen LogP contribution in [0.1, 0.15) is 21.6 Å². The van der Waals surface area contributed by atoms with Crippen LogP contribution in [0.4, 0.5) is 24.7 Å². The number of amides is 1. The topological polar surface area (TPSA) is 85.8 Å². The van der Waals surface area contributed by atoms with Crippen molar-refractivity contribution in [1.29, 1.82) is 0 Å². The lowest BCUT2D eigenvalue weighted by Crippen LogP contribution is -2.16. The van der Waals surface area contributed by atoms with Gasteiger partial charge in [-0.1, -0.05) is 6.07 Å². The van der Waals surface area contributed by atoms with Gasteiger partial charge in [0.05, 0.1) is 23.4 Å². The Hall–Kier alpha value is -2.78. The van der Waals surface area contributed by atoms with Crippen molar-refractivity contribution in [3.63, 3.8) is 0 Å². The van der Waals surface area contributed by atoms with Gasteiger partial charge in [0, 0.05) is 24.1 Å². The van der Waals surface area contributed by atoms with E-state index in [4.69, 9.17) is 5.73 Å². The van der Waals surface area contributed by atoms with Crippen LogP contribution < -0.4 is 11.1 Å². The predicted octanol–water partition coefficient (Wildman–Crippen LogP) is 4.02. The molecule has 1 amide bonds. The first kappa shape index (κ1) is 23.3. The minimum Gasteiger partial charge on any atom is -0.398 e. The Bertz CT molecular complexity index is 932. The average molecular weight is 434 g/mol. The zero-order valence-electron chi connectivity index (χ0n) is 14.2. The highest BCUT2D eigenvalue weighted by molar-refractivity contribution is 6.07. The van der Waals surface area contributed by atoms with E-state index in [-0.39, 0.29) is 41.9 Å². The summed E-state index contributed by atoms with van der Waals surface area (Å²) in [7, 11) is 0. The number of carbonyl (C=O) groups is 1. The van der Waals surface area contributed by atoms with Gasteiger partial charge in [-0.25, -0.2) is 0 Å². The van der Waals surface area contributed by atoms with E-state index >= 15 is 0 Å². The van der Waals surface area contributed by atoms with Gasteiger partial charge in [-0.05, 0) is 30.3 Å². The van der Waals surface area contributed by atoms with Gasteiger partial charge in [-0.3, -0.25) is 14.5 Å². The summed E-state index contributed by atoms with van der Waals surface area (Å²) in [6.45, 7) is 0.391. The number of pyridine rings is 1. The highest BCUT2D eigenvalue weighted by Crippen LogP contribution is 2.31. The molecule has 6 nitrogen and oxygen atoms in total. The number of anilines is 2. The number of carbonyl (C=O) groups excluding carboxylic acids is 1. The summed E-state index contributed by atoms with van der Waals surface area (Å²) in [4.78, 5) is 16.4. The minimum atomic E-state index is -4.56. The van der Waals surface area contributed by atoms with Crippen LogP contribution in [0.15, 0.2) is 54.9 Å². The van der Waals surface area contributed by atoms with Crippen molar-refractivity contribution in [2.75, 3.05) is 11.1 Å². The van der Waals surface area contributed by atoms with E-state index in [1.807, 2.05) is 12.1 Å². The Morgan fingerprint density at radius 3 is 2.54 bits per heavy atom. The molecule has 3 rings (SSSR count). The Labute approximate surface area is 170 Å². The molecule has 0 fully saturated rings. The number of hydrogen-bond acceptors (Lipinski definition) is 4. The maximum atomic E-state index is 12.8. The summed E-state index contributed by atoms with van der Waals surface area (Å²) in [6, 6.07) is 9.58. The van der Waals surface area contributed by atoms with Crippen LogP contribution >= 0.6 is 24.8 Å². The molecule has 0 aliphatic heterocycles. The van der Waals surface area contributed by atoms with Gasteiger partial charge in [0.25, 0.3) is 5.91 Å². The van der Waals surface area contributed by atoms with Gasteiger partial charge in [0.15, 0.2) is 5.82 Å². The lowest BCUT2D eigenvalue weighted by molar-refractivity contribution is -0.137. The van der Waals surface area contributed by atoms with Crippen molar-refractivity contribution in [3.8, 4) is 0 Å². The number of nitrogens with zero attached hydrogens (tertiary/aromatic N) is 3. The third-order valence-electron chi connectivity index (χ3n) is 3.56. The molecule has 0 aliphatic carbocycles. The molecule has 2 aromatic heterocycles. The Kier molecular flexibility index (Phi) is 7.83. The Morgan fingerprint density at radius 1 is 1.14 bits per heavy atom. The van der Waals surface area contributed by atoms with Gasteiger partial charge in [0.2, 0.25) is 0 Å². The maximum Gasteiger partial charge on any atom is 0.416 e. The smallest absolute Gasteiger partial charge is 0.398 e. The highest BCUT2D eigenvalue weighted by atomic mass is 35.5. The molecule has 0 saturated carbocycles. The second kappa shape index (κ2) is 9.43. The maximum absolute atomic E-state index is 12.8. The van der Waals surface area contributed by atoms with Gasteiger partial charge >= 0.3 is 6.18 Å². The summed E-state index contributed by atoms with van der Waals surface area (Å²) in [6.07, 6.45) is -1.29. The molecule has 0 saturated heterocycles. The number of rotatable bonds is 4. The zero-order chi connectivity index (χ0) is 18.7. The first-order chi connectivity index (χ1) is 12.3. The lowest BCUT2D eigenvalue weighted by Gasteiger charge is -2.10. The number of halogens is 5. The molecule has 150 valence electrons. The SMILES string of the molecule is Cl.Cl.Nc1ccc(C(F)(F)F)cc1C(=O)Nc1ccn(Cc2ccccn2)n1. The fourth-order valence-electron chi connectivity index (χ4n) is 2.29. The van der Waals surface area contributed by atoms with Crippen molar-refractivity contribution in [2.45, 2.75) is 12.7 Å². The number of hydrogen-bond donors (Lipinski definition) is 2. The second-order valence-electron chi connectivity index (χ2n) is 5.47. The number of nitrogen functional groups attached to an aromatic ring is 1. The molecule has 1 aromatic carbocycles. The molecule has 0 bridgehead atoms. The Morgan fingerprint density at radius 2 is 1.89 bits per heavy atom. The lowest BCUT2D eigenvalue weighted by atomic mass is 10.1. The first-order valence-electron chi connectivity index (χ1n) is 7.54. The molecule has 0 aliphatic rings. The van der Waals surface area contributed by atoms with Crippen LogP contribution in [0.2, 0.25) is 0 Å². The Balaban J connectivity index is 0.00000196. The van der Waals surface area contributed by atoms with Gasteiger partial charge in [-0.2, -0.15) is 18.3 Å². The summed E-state index contributed by atoms with van der Waals surface area (Å²) >= 11 is 0. The molecule has 3 N–H and O–H groups in total. The molecular weight excluding hydrogens is 418 g/mol. The molecule has 0 unspecified atom stereocenters. The highest BCUT2D eigenvalue weighted by Gasteiger charge is 2.31. The molecule has 2 heterocycles. The molecule has 0 spiro atoms. The third-order valence-corrected chi connectivity index (χ3v) is 3.56. The number of nitrogens with two attached hydrogens (primary N) is 1. The quantitative estimate of drug-likeness (QED) is 0.608. The molecule has 11 heteroatoms. The van der Waals surface area contributed by atoms with Crippen LogP contribution in [0.5, 0.6) is 0 Å². The fraction of sp³-hybridized carbons (Fsp3) is 0.118. The molecular formula is C17H16Cl2F3N5O. The first-order valence-corrected chi connectivity index (χ1v) is 7.54. The van der Waals surface area contributed by atoms with E-state index < -0.39 is 17.6 Å². The number of alkyl halides is 3. The van der Waals surface area contributed by atoms with Gasteiger partial charge in [-0.15, -0.1) is 24.8 Å². The number of nitrogens with one attached hydrogen (secondary N) is 1. The van der Waals surface area contributed by atoms with Crippen LogP contribution in [0.25, 0.3) is 0 Å². The van der Waals surface area contributed by atoms with Crippen molar-refractivity contribution in [2.24, 2.45) is 0 Å². The minimum absolute atomic E-state index is 0. The number of benzene rings is 1. The summed E-state index contributed by atoms with van der Waals surface area (Å²) in [5.74, 6) is -0.570. The van der Waals surface area contributed by atoms with Crippen molar-refractivity contribution < 1.29 is 18.0 Å². The predicted molar refractivity (Wildman–Crippen MR) is 104 cm³/mol. The van der Waals surface area contributed by atoms with Crippen LogP contribution in [0.3, 0.4) is 0 Å². The summed E-state index contributed by atoms with van der Waals surface area (Å²) in [5, 5.41) is 6.60. The molecule has 3 aromatic rings. The zero-order valence-corrected chi connectivity index (χ0v) is 15.8. The summed E-state index contributed by atoms with van der Waals surface area (Å²) in [5.41, 5.74) is 5.14. The van der Waals surface area contributed by atoms with Crippen LogP contribution in [-0.2, 0) is 12.7 Å². The van der Waals surface area contributed by atoms with E-state index in [1.165, 1.54) is 6.07 Å². The standard InChI is InChI=1S/C17H14F3N5O.2ClH/c18-17(19,20)11-4-5-14(21)13(9-11)16(26)23-15-6-8-25(24-15)10-12-3-1-2-7-22-12;;/h1-9H,10,21H2,(H,23,24,26);2*1H. The third kappa shape index (κ3) is 5.61. The largest absolute Gasteiger partial charge is 0.416 e. The van der Waals surface area contributed by atoms with Crippen molar-refractivity contribution in [3.05, 3.63) is 71.7 Å². The average Bonchev–Trinajstić information content (AvgIpc) is 3.02. The monoisotopic (exact) mass is 433 g/mol. The second-order valence-corrected chi connectivity index (χ2v) is 5.47. The van der Waals surface area contributed by atoms with E-state index in [0.717, 1.165) is 23.9 Å². The van der Waals surface area contributed by atoms with Crippen LogP contribution in [0, 0.1) is 0 Å². The summed E-state index contributed by atoms with van der Waals surface area (Å²) < 4.78 is 40.0. The van der Waals surface area contributed by atoms with E-state index in [2.05, 4.69) is 15.4 Å². The van der Waals surface area contributed by atoms with Crippen molar-refractivity contribution in [1.82, 2.24) is 14.8 Å². The van der Waals surface area contributed by atoms with E-state index in [9.17, 15) is 18.0 Å². The van der Waals surface area contributed by atoms with Crippen LogP contribution in [-0.4, -0.2) is 20.7 Å². The molecule has 0 atom stereocenters. The van der Waals surface area contributed by atoms with E-state index in [1.54, 1.807) is 23.1 Å². The molecule has 28 heavy (non-hydrogen) atoms.